The van der Waals surface area contributed by atoms with Crippen molar-refractivity contribution in [3.63, 3.8) is 0 Å². The van der Waals surface area contributed by atoms with Crippen LogP contribution in [0.4, 0.5) is 5.69 Å². The lowest BCUT2D eigenvalue weighted by atomic mass is 10.0. The van der Waals surface area contributed by atoms with Gasteiger partial charge in [0.2, 0.25) is 6.23 Å². The van der Waals surface area contributed by atoms with Gasteiger partial charge in [-0.15, -0.1) is 0 Å². The minimum absolute atomic E-state index is 0.328. The number of hydrogen-bond donors (Lipinski definition) is 1. The number of rotatable bonds is 1. The van der Waals surface area contributed by atoms with E-state index in [1.165, 1.54) is 0 Å². The number of nitrogens with zero attached hydrogens (tertiary/aromatic N) is 1. The summed E-state index contributed by atoms with van der Waals surface area (Å²) in [7, 11) is 0. The Labute approximate surface area is 121 Å². The summed E-state index contributed by atoms with van der Waals surface area (Å²) in [6.07, 6.45) is 1.08. The van der Waals surface area contributed by atoms with Gasteiger partial charge in [0.25, 0.3) is 0 Å². The van der Waals surface area contributed by atoms with E-state index in [0.29, 0.717) is 11.4 Å². The molecule has 0 saturated carbocycles. The molecule has 0 spiro atoms. The predicted molar refractivity (Wildman–Crippen MR) is 80.0 cm³/mol. The number of hydrogen-bond acceptors (Lipinski definition) is 4. The fourth-order valence-corrected chi connectivity index (χ4v) is 2.64. The summed E-state index contributed by atoms with van der Waals surface area (Å²) in [5.41, 5.74) is 1.97. The smallest absolute Gasteiger partial charge is 0.361 e. The van der Waals surface area contributed by atoms with Crippen LogP contribution in [0, 0.1) is 0 Å². The fraction of sp³-hybridized carbons (Fsp3) is 0.0588. The molecule has 21 heavy (non-hydrogen) atoms. The molecular formula is C17H12N2O2. The van der Waals surface area contributed by atoms with E-state index in [0.717, 1.165) is 16.3 Å². The number of fused-ring (bicyclic) bond motifs is 2. The topological polar surface area (TPSA) is 51.2 Å². The maximum atomic E-state index is 12.1. The van der Waals surface area contributed by atoms with Gasteiger partial charge in [-0.25, -0.2) is 9.78 Å². The van der Waals surface area contributed by atoms with E-state index in [9.17, 15) is 4.79 Å². The number of nitrogens with one attached hydrogen (secondary N) is 1. The minimum Gasteiger partial charge on any atom is -0.433 e. The van der Waals surface area contributed by atoms with Crippen molar-refractivity contribution < 1.29 is 9.53 Å². The zero-order valence-electron chi connectivity index (χ0n) is 11.1. The number of carbonyl (C=O) groups is 1. The first-order chi connectivity index (χ1) is 10.3. The molecule has 4 nitrogen and oxygen atoms in total. The van der Waals surface area contributed by atoms with E-state index in [2.05, 4.69) is 10.3 Å². The number of aromatic nitrogens is 1. The Morgan fingerprint density at radius 2 is 1.86 bits per heavy atom. The van der Waals surface area contributed by atoms with Crippen molar-refractivity contribution in [2.24, 2.45) is 0 Å². The summed E-state index contributed by atoms with van der Waals surface area (Å²) in [5, 5.41) is 5.41. The zero-order valence-corrected chi connectivity index (χ0v) is 11.1. The van der Waals surface area contributed by atoms with Gasteiger partial charge in [0.1, 0.15) is 0 Å². The highest BCUT2D eigenvalue weighted by atomic mass is 16.6. The van der Waals surface area contributed by atoms with Crippen molar-refractivity contribution in [2.45, 2.75) is 6.23 Å². The van der Waals surface area contributed by atoms with Crippen molar-refractivity contribution in [3.8, 4) is 0 Å². The summed E-state index contributed by atoms with van der Waals surface area (Å²) in [5.74, 6) is -0.401. The lowest BCUT2D eigenvalue weighted by molar-refractivity contribution is 0.0325. The second kappa shape index (κ2) is 4.59. The molecule has 0 fully saturated rings. The summed E-state index contributed by atoms with van der Waals surface area (Å²) >= 11 is 0. The molecule has 3 aromatic rings. The first-order valence-corrected chi connectivity index (χ1v) is 6.73. The Hall–Kier alpha value is -2.88. The Kier molecular flexibility index (Phi) is 2.60. The average Bonchev–Trinajstić information content (AvgIpc) is 2.54. The van der Waals surface area contributed by atoms with Crippen LogP contribution in [0.5, 0.6) is 0 Å². The SMILES string of the molecule is O=C1OC(c2cccc3ccccc23)Nc2cccnc21. The highest BCUT2D eigenvalue weighted by Crippen LogP contribution is 2.32. The fourth-order valence-electron chi connectivity index (χ4n) is 2.64. The van der Waals surface area contributed by atoms with Crippen LogP contribution in [0.3, 0.4) is 0 Å². The van der Waals surface area contributed by atoms with Crippen LogP contribution in [0.15, 0.2) is 60.8 Å². The number of anilines is 1. The Bertz CT molecular complexity index is 840. The molecule has 4 heteroatoms. The molecule has 1 unspecified atom stereocenters. The molecule has 0 aliphatic carbocycles. The van der Waals surface area contributed by atoms with E-state index in [1.807, 2.05) is 48.5 Å². The number of esters is 1. The van der Waals surface area contributed by atoms with E-state index >= 15 is 0 Å². The monoisotopic (exact) mass is 276 g/mol. The van der Waals surface area contributed by atoms with Gasteiger partial charge in [-0.3, -0.25) is 0 Å². The summed E-state index contributed by atoms with van der Waals surface area (Å²) < 4.78 is 5.49. The third-order valence-corrected chi connectivity index (χ3v) is 3.62. The lowest BCUT2D eigenvalue weighted by Crippen LogP contribution is -2.26. The Morgan fingerprint density at radius 3 is 2.81 bits per heavy atom. The van der Waals surface area contributed by atoms with E-state index in [1.54, 1.807) is 12.3 Å². The second-order valence-electron chi connectivity index (χ2n) is 4.90. The van der Waals surface area contributed by atoms with Crippen LogP contribution in [0.1, 0.15) is 22.3 Å². The molecule has 2 aromatic carbocycles. The zero-order chi connectivity index (χ0) is 14.2. The quantitative estimate of drug-likeness (QED) is 0.691. The number of pyridine rings is 1. The maximum absolute atomic E-state index is 12.1. The van der Waals surface area contributed by atoms with Gasteiger partial charge in [-0.1, -0.05) is 42.5 Å². The van der Waals surface area contributed by atoms with Crippen LogP contribution < -0.4 is 5.32 Å². The summed E-state index contributed by atoms with van der Waals surface area (Å²) in [4.78, 5) is 16.1. The third kappa shape index (κ3) is 1.92. The standard InChI is InChI=1S/C17H12N2O2/c20-17-15-14(9-4-10-18-15)19-16(21-17)13-8-3-6-11-5-1-2-7-12(11)13/h1-10,16,19H. The van der Waals surface area contributed by atoms with Crippen molar-refractivity contribution in [2.75, 3.05) is 5.32 Å². The van der Waals surface area contributed by atoms with Crippen LogP contribution in [0.25, 0.3) is 10.8 Å². The van der Waals surface area contributed by atoms with Gasteiger partial charge >= 0.3 is 5.97 Å². The van der Waals surface area contributed by atoms with E-state index in [-0.39, 0.29) is 0 Å². The van der Waals surface area contributed by atoms with Gasteiger partial charge in [0.15, 0.2) is 5.69 Å². The molecule has 0 bridgehead atoms. The second-order valence-corrected chi connectivity index (χ2v) is 4.90. The van der Waals surface area contributed by atoms with Crippen molar-refractivity contribution in [3.05, 3.63) is 72.1 Å². The van der Waals surface area contributed by atoms with Crippen molar-refractivity contribution >= 4 is 22.4 Å². The predicted octanol–water partition coefficient (Wildman–Crippen LogP) is 3.52. The molecule has 1 aliphatic rings. The normalized spacial score (nSPS) is 17.0. The molecule has 2 heterocycles. The molecule has 0 amide bonds. The highest BCUT2D eigenvalue weighted by Gasteiger charge is 2.28. The van der Waals surface area contributed by atoms with E-state index < -0.39 is 12.2 Å². The Balaban J connectivity index is 1.83. The first kappa shape index (κ1) is 11.9. The molecule has 102 valence electrons. The molecular weight excluding hydrogens is 264 g/mol. The molecule has 0 saturated heterocycles. The van der Waals surface area contributed by atoms with Crippen LogP contribution in [0.2, 0.25) is 0 Å². The van der Waals surface area contributed by atoms with E-state index in [4.69, 9.17) is 4.74 Å². The molecule has 1 aliphatic heterocycles. The molecule has 1 aromatic heterocycles. The van der Waals surface area contributed by atoms with Crippen LogP contribution in [-0.4, -0.2) is 11.0 Å². The van der Waals surface area contributed by atoms with Gasteiger partial charge in [0.05, 0.1) is 5.69 Å². The number of carbonyl (C=O) groups excluding carboxylic acids is 1. The first-order valence-electron chi connectivity index (χ1n) is 6.73. The van der Waals surface area contributed by atoms with Gasteiger partial charge in [-0.05, 0) is 22.9 Å². The number of ether oxygens (including phenoxy) is 1. The average molecular weight is 276 g/mol. The maximum Gasteiger partial charge on any atom is 0.361 e. The molecule has 4 rings (SSSR count). The summed E-state index contributed by atoms with van der Waals surface area (Å²) in [6, 6.07) is 17.6. The lowest BCUT2D eigenvalue weighted by Gasteiger charge is -2.27. The molecule has 1 atom stereocenters. The van der Waals surface area contributed by atoms with Gasteiger partial charge in [0, 0.05) is 11.8 Å². The highest BCUT2D eigenvalue weighted by molar-refractivity contribution is 5.96. The third-order valence-electron chi connectivity index (χ3n) is 3.62. The molecule has 1 N–H and O–H groups in total. The van der Waals surface area contributed by atoms with Gasteiger partial charge in [-0.2, -0.15) is 0 Å². The Morgan fingerprint density at radius 1 is 1.00 bits per heavy atom. The van der Waals surface area contributed by atoms with Crippen molar-refractivity contribution in [1.82, 2.24) is 4.98 Å². The van der Waals surface area contributed by atoms with Crippen LogP contribution in [-0.2, 0) is 4.74 Å². The minimum atomic E-state index is -0.500. The van der Waals surface area contributed by atoms with Crippen LogP contribution >= 0.6 is 0 Å². The summed E-state index contributed by atoms with van der Waals surface area (Å²) in [6.45, 7) is 0. The number of cyclic esters (lactones) is 1. The van der Waals surface area contributed by atoms with Crippen molar-refractivity contribution in [1.29, 1.82) is 0 Å². The largest absolute Gasteiger partial charge is 0.433 e. The molecule has 0 radical (unpaired) electrons. The number of benzene rings is 2. The van der Waals surface area contributed by atoms with Gasteiger partial charge < -0.3 is 10.1 Å².